The minimum atomic E-state index is -0.00723. The van der Waals surface area contributed by atoms with E-state index in [9.17, 15) is 4.79 Å². The van der Waals surface area contributed by atoms with Crippen LogP contribution < -0.4 is 5.32 Å². The number of amides is 1. The highest BCUT2D eigenvalue weighted by Gasteiger charge is 2.13. The van der Waals surface area contributed by atoms with Gasteiger partial charge >= 0.3 is 0 Å². The number of rotatable bonds is 8. The zero-order valence-corrected chi connectivity index (χ0v) is 16.4. The molecule has 0 aliphatic carbocycles. The maximum atomic E-state index is 12.0. The Balaban J connectivity index is 1.84. The van der Waals surface area contributed by atoms with Gasteiger partial charge in [0.1, 0.15) is 0 Å². The number of nitrogens with zero attached hydrogens (tertiary/aromatic N) is 2. The summed E-state index contributed by atoms with van der Waals surface area (Å²) in [4.78, 5) is 12.0. The molecule has 2 aromatic rings. The largest absolute Gasteiger partial charge is 0.411 e. The number of aromatic nitrogens is 2. The van der Waals surface area contributed by atoms with E-state index < -0.39 is 0 Å². The van der Waals surface area contributed by atoms with E-state index in [4.69, 9.17) is 4.42 Å². The molecule has 0 radical (unpaired) electrons. The summed E-state index contributed by atoms with van der Waals surface area (Å²) in [7, 11) is 0. The van der Waals surface area contributed by atoms with Crippen LogP contribution in [0.4, 0.5) is 0 Å². The van der Waals surface area contributed by atoms with E-state index in [0.717, 1.165) is 18.4 Å². The molecule has 0 saturated heterocycles. The summed E-state index contributed by atoms with van der Waals surface area (Å²) in [5.41, 5.74) is 3.30. The smallest absolute Gasteiger partial charge is 0.277 e. The Morgan fingerprint density at radius 1 is 1.16 bits per heavy atom. The first-order valence-corrected chi connectivity index (χ1v) is 9.67. The molecule has 136 valence electrons. The molecule has 1 heterocycles. The van der Waals surface area contributed by atoms with Crippen molar-refractivity contribution in [1.29, 1.82) is 0 Å². The summed E-state index contributed by atoms with van der Waals surface area (Å²) in [6.07, 6.45) is 2.10. The summed E-state index contributed by atoms with van der Waals surface area (Å²) in [6, 6.07) is 6.21. The van der Waals surface area contributed by atoms with Gasteiger partial charge in [-0.25, -0.2) is 0 Å². The number of hydrogen-bond acceptors (Lipinski definition) is 5. The van der Waals surface area contributed by atoms with Crippen LogP contribution in [0.2, 0.25) is 0 Å². The van der Waals surface area contributed by atoms with Crippen LogP contribution in [0, 0.1) is 19.8 Å². The number of thioether (sulfide) groups is 1. The molecule has 0 spiro atoms. The summed E-state index contributed by atoms with van der Waals surface area (Å²) in [6.45, 7) is 10.5. The molecule has 5 nitrogen and oxygen atoms in total. The van der Waals surface area contributed by atoms with E-state index in [1.165, 1.54) is 22.9 Å². The molecule has 0 bridgehead atoms. The molecule has 1 atom stereocenters. The highest BCUT2D eigenvalue weighted by Crippen LogP contribution is 2.24. The topological polar surface area (TPSA) is 68.0 Å². The number of aryl methyl sites for hydroxylation is 2. The normalized spacial score (nSPS) is 12.4. The standard InChI is InChI=1S/C19H27N3O2S/c1-12(2)6-8-15(5)20-17(23)11-25-19-22-21-18(24-19)16-9-7-13(3)14(4)10-16/h7,9-10,12,15H,6,8,11H2,1-5H3,(H,20,23)/t15-/m1/s1. The van der Waals surface area contributed by atoms with Gasteiger partial charge in [-0.1, -0.05) is 31.7 Å². The predicted octanol–water partition coefficient (Wildman–Crippen LogP) is 4.39. The van der Waals surface area contributed by atoms with Crippen LogP contribution in [0.3, 0.4) is 0 Å². The molecule has 1 aromatic heterocycles. The molecule has 0 unspecified atom stereocenters. The molecule has 1 N–H and O–H groups in total. The number of hydrogen-bond donors (Lipinski definition) is 1. The zero-order chi connectivity index (χ0) is 18.4. The SMILES string of the molecule is Cc1ccc(-c2nnc(SCC(=O)N[C@H](C)CCC(C)C)o2)cc1C. The second kappa shape index (κ2) is 9.04. The van der Waals surface area contributed by atoms with Crippen molar-refractivity contribution in [3.05, 3.63) is 29.3 Å². The van der Waals surface area contributed by atoms with Gasteiger partial charge in [-0.3, -0.25) is 4.79 Å². The minimum absolute atomic E-state index is 0.00723. The van der Waals surface area contributed by atoms with Gasteiger partial charge in [0, 0.05) is 11.6 Å². The molecule has 2 rings (SSSR count). The van der Waals surface area contributed by atoms with Gasteiger partial charge in [0.25, 0.3) is 5.22 Å². The molecule has 1 aromatic carbocycles. The molecular formula is C19H27N3O2S. The van der Waals surface area contributed by atoms with Crippen molar-refractivity contribution in [2.45, 2.75) is 58.7 Å². The average molecular weight is 362 g/mol. The lowest BCUT2D eigenvalue weighted by Crippen LogP contribution is -2.34. The van der Waals surface area contributed by atoms with Crippen LogP contribution in [-0.4, -0.2) is 27.9 Å². The summed E-state index contributed by atoms with van der Waals surface area (Å²) >= 11 is 1.27. The van der Waals surface area contributed by atoms with Crippen molar-refractivity contribution in [2.75, 3.05) is 5.75 Å². The first kappa shape index (κ1) is 19.5. The third-order valence-electron chi connectivity index (χ3n) is 4.07. The Labute approximate surface area is 154 Å². The number of carbonyl (C=O) groups excluding carboxylic acids is 1. The third kappa shape index (κ3) is 6.20. The quantitative estimate of drug-likeness (QED) is 0.706. The Morgan fingerprint density at radius 3 is 2.60 bits per heavy atom. The van der Waals surface area contributed by atoms with Gasteiger partial charge in [-0.15, -0.1) is 10.2 Å². The molecule has 0 fully saturated rings. The fraction of sp³-hybridized carbons (Fsp3) is 0.526. The van der Waals surface area contributed by atoms with Crippen molar-refractivity contribution < 1.29 is 9.21 Å². The lowest BCUT2D eigenvalue weighted by Gasteiger charge is -2.14. The van der Waals surface area contributed by atoms with Crippen LogP contribution >= 0.6 is 11.8 Å². The predicted molar refractivity (Wildman–Crippen MR) is 102 cm³/mol. The Hall–Kier alpha value is -1.82. The first-order chi connectivity index (χ1) is 11.8. The third-order valence-corrected chi connectivity index (χ3v) is 4.89. The van der Waals surface area contributed by atoms with Gasteiger partial charge in [0.2, 0.25) is 11.8 Å². The van der Waals surface area contributed by atoms with Gasteiger partial charge < -0.3 is 9.73 Å². The van der Waals surface area contributed by atoms with E-state index >= 15 is 0 Å². The van der Waals surface area contributed by atoms with Crippen LogP contribution in [0.25, 0.3) is 11.5 Å². The number of benzene rings is 1. The molecule has 0 aliphatic rings. The summed E-state index contributed by atoms with van der Waals surface area (Å²) in [5.74, 6) is 1.40. The van der Waals surface area contributed by atoms with Gasteiger partial charge in [-0.2, -0.15) is 0 Å². The van der Waals surface area contributed by atoms with Crippen molar-refractivity contribution >= 4 is 17.7 Å². The Kier molecular flexibility index (Phi) is 7.05. The lowest BCUT2D eigenvalue weighted by atomic mass is 10.0. The van der Waals surface area contributed by atoms with Crippen LogP contribution in [0.15, 0.2) is 27.8 Å². The van der Waals surface area contributed by atoms with Gasteiger partial charge in [0.15, 0.2) is 0 Å². The van der Waals surface area contributed by atoms with E-state index in [1.54, 1.807) is 0 Å². The average Bonchev–Trinajstić information content (AvgIpc) is 3.02. The number of carbonyl (C=O) groups is 1. The van der Waals surface area contributed by atoms with Crippen molar-refractivity contribution in [3.63, 3.8) is 0 Å². The molecule has 0 aliphatic heterocycles. The second-order valence-electron chi connectivity index (χ2n) is 6.90. The summed E-state index contributed by atoms with van der Waals surface area (Å²) in [5, 5.41) is 11.5. The van der Waals surface area contributed by atoms with Gasteiger partial charge in [-0.05, 0) is 62.8 Å². The van der Waals surface area contributed by atoms with Gasteiger partial charge in [0.05, 0.1) is 5.75 Å². The highest BCUT2D eigenvalue weighted by atomic mass is 32.2. The maximum absolute atomic E-state index is 12.0. The fourth-order valence-corrected chi connectivity index (χ4v) is 2.93. The molecular weight excluding hydrogens is 334 g/mol. The van der Waals surface area contributed by atoms with Crippen molar-refractivity contribution in [2.24, 2.45) is 5.92 Å². The lowest BCUT2D eigenvalue weighted by molar-refractivity contribution is -0.119. The van der Waals surface area contributed by atoms with E-state index in [0.29, 0.717) is 17.0 Å². The van der Waals surface area contributed by atoms with E-state index in [2.05, 4.69) is 43.2 Å². The first-order valence-electron chi connectivity index (χ1n) is 8.68. The van der Waals surface area contributed by atoms with Crippen LogP contribution in [0.1, 0.15) is 44.7 Å². The Morgan fingerprint density at radius 2 is 1.92 bits per heavy atom. The molecule has 1 amide bonds. The Bertz CT molecular complexity index is 712. The minimum Gasteiger partial charge on any atom is -0.411 e. The van der Waals surface area contributed by atoms with E-state index in [-0.39, 0.29) is 17.7 Å². The number of nitrogens with one attached hydrogen (secondary N) is 1. The molecule has 0 saturated carbocycles. The van der Waals surface area contributed by atoms with Crippen molar-refractivity contribution in [3.8, 4) is 11.5 Å². The molecule has 6 heteroatoms. The molecule has 25 heavy (non-hydrogen) atoms. The monoisotopic (exact) mass is 361 g/mol. The maximum Gasteiger partial charge on any atom is 0.277 e. The zero-order valence-electron chi connectivity index (χ0n) is 15.6. The van der Waals surface area contributed by atoms with Crippen LogP contribution in [-0.2, 0) is 4.79 Å². The second-order valence-corrected chi connectivity index (χ2v) is 7.83. The van der Waals surface area contributed by atoms with E-state index in [1.807, 2.05) is 25.1 Å². The summed E-state index contributed by atoms with van der Waals surface area (Å²) < 4.78 is 5.66. The fourth-order valence-electron chi connectivity index (χ4n) is 2.36. The highest BCUT2D eigenvalue weighted by molar-refractivity contribution is 7.99. The van der Waals surface area contributed by atoms with Crippen LogP contribution in [0.5, 0.6) is 0 Å². The van der Waals surface area contributed by atoms with Crippen molar-refractivity contribution in [1.82, 2.24) is 15.5 Å².